The number of hydrogen-bond donors (Lipinski definition) is 2. The van der Waals surface area contributed by atoms with Crippen molar-refractivity contribution in [3.05, 3.63) is 69.4 Å². The summed E-state index contributed by atoms with van der Waals surface area (Å²) in [6.07, 6.45) is 3.70. The molecule has 2 aromatic carbocycles. The molecule has 2 N–H and O–H groups in total. The molecule has 2 amide bonds. The van der Waals surface area contributed by atoms with Crippen molar-refractivity contribution in [3.63, 3.8) is 0 Å². The third-order valence-corrected chi connectivity index (χ3v) is 6.16. The topological polar surface area (TPSA) is 65.2 Å². The highest BCUT2D eigenvalue weighted by Crippen LogP contribution is 2.39. The van der Waals surface area contributed by atoms with Crippen LogP contribution in [0.4, 0.5) is 0 Å². The Morgan fingerprint density at radius 1 is 1.10 bits per heavy atom. The average molecular weight is 515 g/mol. The van der Waals surface area contributed by atoms with E-state index in [1.807, 2.05) is 75.5 Å². The second-order valence-electron chi connectivity index (χ2n) is 8.85. The molecule has 0 bridgehead atoms. The van der Waals surface area contributed by atoms with Crippen LogP contribution in [-0.4, -0.2) is 33.3 Å². The normalized spacial score (nSPS) is 15.1. The van der Waals surface area contributed by atoms with Gasteiger partial charge in [0, 0.05) is 37.8 Å². The molecule has 156 valence electrons. The van der Waals surface area contributed by atoms with E-state index < -0.39 is 11.6 Å². The monoisotopic (exact) mass is 515 g/mol. The maximum absolute atomic E-state index is 13.7. The number of amides is 2. The molecule has 4 rings (SSSR count). The molecular weight excluding hydrogens is 489 g/mol. The number of rotatable bonds is 5. The van der Waals surface area contributed by atoms with Gasteiger partial charge in [-0.15, -0.1) is 0 Å². The van der Waals surface area contributed by atoms with E-state index >= 15 is 0 Å². The summed E-state index contributed by atoms with van der Waals surface area (Å²) >= 11 is 2.19. The molecular formula is C24H26IN3O2. The van der Waals surface area contributed by atoms with E-state index in [4.69, 9.17) is 0 Å². The van der Waals surface area contributed by atoms with Crippen LogP contribution in [-0.2, 0) is 4.79 Å². The largest absolute Gasteiger partial charge is 0.361 e. The molecule has 0 radical (unpaired) electrons. The van der Waals surface area contributed by atoms with Gasteiger partial charge in [-0.2, -0.15) is 0 Å². The number of halogens is 1. The molecule has 0 aliphatic heterocycles. The molecule has 3 aromatic rings. The standard InChI is InChI=1S/C24H26IN3O2/c1-24(2,3)27-22(29)21(18-14-26-20-11-7-5-8-16(18)20)28(15-12-13-15)23(30)17-9-4-6-10-19(17)25/h4-11,14-15,21,26H,12-13H2,1-3H3,(H,27,29). The van der Waals surface area contributed by atoms with E-state index in [2.05, 4.69) is 32.9 Å². The van der Waals surface area contributed by atoms with E-state index in [9.17, 15) is 9.59 Å². The van der Waals surface area contributed by atoms with Crippen LogP contribution in [0.3, 0.4) is 0 Å². The number of aromatic amines is 1. The van der Waals surface area contributed by atoms with E-state index in [1.54, 1.807) is 4.90 Å². The summed E-state index contributed by atoms with van der Waals surface area (Å²) < 4.78 is 0.889. The zero-order chi connectivity index (χ0) is 21.5. The fourth-order valence-electron chi connectivity index (χ4n) is 3.80. The Kier molecular flexibility index (Phi) is 5.61. The average Bonchev–Trinajstić information content (AvgIpc) is 3.43. The maximum atomic E-state index is 13.7. The minimum atomic E-state index is -0.698. The number of hydrogen-bond acceptors (Lipinski definition) is 2. The summed E-state index contributed by atoms with van der Waals surface area (Å²) in [6.45, 7) is 5.88. The van der Waals surface area contributed by atoms with Gasteiger partial charge in [-0.25, -0.2) is 0 Å². The number of benzene rings is 2. The first-order chi connectivity index (χ1) is 14.3. The number of para-hydroxylation sites is 1. The van der Waals surface area contributed by atoms with Crippen molar-refractivity contribution >= 4 is 45.3 Å². The molecule has 1 aliphatic rings. The predicted octanol–water partition coefficient (Wildman–Crippen LogP) is 5.03. The molecule has 1 aliphatic carbocycles. The van der Waals surface area contributed by atoms with Crippen LogP contribution in [0.15, 0.2) is 54.7 Å². The lowest BCUT2D eigenvalue weighted by atomic mass is 9.99. The molecule has 1 heterocycles. The first kappa shape index (κ1) is 20.9. The SMILES string of the molecule is CC(C)(C)NC(=O)C(c1c[nH]c2ccccc12)N(C(=O)c1ccccc1I)C1CC1. The van der Waals surface area contributed by atoms with Crippen molar-refractivity contribution in [2.24, 2.45) is 0 Å². The van der Waals surface area contributed by atoms with Crippen LogP contribution in [0, 0.1) is 3.57 Å². The van der Waals surface area contributed by atoms with Crippen LogP contribution < -0.4 is 5.32 Å². The Bertz CT molecular complexity index is 1100. The highest BCUT2D eigenvalue weighted by atomic mass is 127. The fraction of sp³-hybridized carbons (Fsp3) is 0.333. The van der Waals surface area contributed by atoms with E-state index in [0.29, 0.717) is 5.56 Å². The zero-order valence-corrected chi connectivity index (χ0v) is 19.6. The molecule has 1 atom stereocenters. The van der Waals surface area contributed by atoms with Gasteiger partial charge >= 0.3 is 0 Å². The van der Waals surface area contributed by atoms with Crippen LogP contribution in [0.1, 0.15) is 55.6 Å². The van der Waals surface area contributed by atoms with Crippen molar-refractivity contribution in [1.82, 2.24) is 15.2 Å². The number of fused-ring (bicyclic) bond motifs is 1. The number of nitrogens with one attached hydrogen (secondary N) is 2. The van der Waals surface area contributed by atoms with Crippen LogP contribution in [0.2, 0.25) is 0 Å². The lowest BCUT2D eigenvalue weighted by Gasteiger charge is -2.34. The van der Waals surface area contributed by atoms with Crippen LogP contribution in [0.25, 0.3) is 10.9 Å². The van der Waals surface area contributed by atoms with E-state index in [1.165, 1.54) is 0 Å². The van der Waals surface area contributed by atoms with Crippen molar-refractivity contribution in [1.29, 1.82) is 0 Å². The Morgan fingerprint density at radius 3 is 2.43 bits per heavy atom. The van der Waals surface area contributed by atoms with Crippen molar-refractivity contribution in [2.45, 2.75) is 51.2 Å². The lowest BCUT2D eigenvalue weighted by molar-refractivity contribution is -0.127. The third-order valence-electron chi connectivity index (χ3n) is 5.22. The molecule has 0 spiro atoms. The third kappa shape index (κ3) is 4.24. The second-order valence-corrected chi connectivity index (χ2v) is 10.0. The second kappa shape index (κ2) is 8.06. The van der Waals surface area contributed by atoms with Crippen LogP contribution in [0.5, 0.6) is 0 Å². The van der Waals surface area contributed by atoms with Gasteiger partial charge in [0.1, 0.15) is 6.04 Å². The summed E-state index contributed by atoms with van der Waals surface area (Å²) in [4.78, 5) is 32.4. The van der Waals surface area contributed by atoms with E-state index in [0.717, 1.165) is 32.9 Å². The maximum Gasteiger partial charge on any atom is 0.256 e. The zero-order valence-electron chi connectivity index (χ0n) is 17.4. The smallest absolute Gasteiger partial charge is 0.256 e. The molecule has 0 saturated heterocycles. The van der Waals surface area contributed by atoms with Gasteiger partial charge in [0.05, 0.1) is 5.56 Å². The van der Waals surface area contributed by atoms with Gasteiger partial charge in [0.2, 0.25) is 5.91 Å². The van der Waals surface area contributed by atoms with E-state index in [-0.39, 0.29) is 17.9 Å². The number of carbonyl (C=O) groups is 2. The summed E-state index contributed by atoms with van der Waals surface area (Å²) in [5.74, 6) is -0.250. The quantitative estimate of drug-likeness (QED) is 0.468. The van der Waals surface area contributed by atoms with Gasteiger partial charge in [-0.05, 0) is 74.4 Å². The van der Waals surface area contributed by atoms with Gasteiger partial charge < -0.3 is 15.2 Å². The number of H-pyrrole nitrogens is 1. The minimum Gasteiger partial charge on any atom is -0.361 e. The van der Waals surface area contributed by atoms with Gasteiger partial charge in [-0.3, -0.25) is 9.59 Å². The first-order valence-corrected chi connectivity index (χ1v) is 11.3. The summed E-state index contributed by atoms with van der Waals surface area (Å²) in [7, 11) is 0. The lowest BCUT2D eigenvalue weighted by Crippen LogP contribution is -2.50. The summed E-state index contributed by atoms with van der Waals surface area (Å²) in [5, 5.41) is 4.07. The number of aromatic nitrogens is 1. The molecule has 5 nitrogen and oxygen atoms in total. The minimum absolute atomic E-state index is 0.0675. The highest BCUT2D eigenvalue weighted by molar-refractivity contribution is 14.1. The van der Waals surface area contributed by atoms with Crippen molar-refractivity contribution in [2.75, 3.05) is 0 Å². The molecule has 1 saturated carbocycles. The van der Waals surface area contributed by atoms with Gasteiger partial charge in [0.25, 0.3) is 5.91 Å². The summed E-state index contributed by atoms with van der Waals surface area (Å²) in [5.41, 5.74) is 2.02. The van der Waals surface area contributed by atoms with Crippen LogP contribution >= 0.6 is 22.6 Å². The Morgan fingerprint density at radius 2 is 1.77 bits per heavy atom. The Labute approximate surface area is 190 Å². The summed E-state index contributed by atoms with van der Waals surface area (Å²) in [6, 6.07) is 14.8. The predicted molar refractivity (Wildman–Crippen MR) is 127 cm³/mol. The molecule has 30 heavy (non-hydrogen) atoms. The number of nitrogens with zero attached hydrogens (tertiary/aromatic N) is 1. The Balaban J connectivity index is 1.84. The highest BCUT2D eigenvalue weighted by Gasteiger charge is 2.43. The first-order valence-electron chi connectivity index (χ1n) is 10.2. The van der Waals surface area contributed by atoms with Gasteiger partial charge in [0.15, 0.2) is 0 Å². The van der Waals surface area contributed by atoms with Crippen molar-refractivity contribution in [3.8, 4) is 0 Å². The fourth-order valence-corrected chi connectivity index (χ4v) is 4.41. The van der Waals surface area contributed by atoms with Crippen molar-refractivity contribution < 1.29 is 9.59 Å². The molecule has 1 fully saturated rings. The number of carbonyl (C=O) groups excluding carboxylic acids is 2. The van der Waals surface area contributed by atoms with Gasteiger partial charge in [-0.1, -0.05) is 30.3 Å². The molecule has 1 unspecified atom stereocenters. The molecule has 6 heteroatoms. The Hall–Kier alpha value is -2.35. The molecule has 1 aromatic heterocycles.